The van der Waals surface area contributed by atoms with Gasteiger partial charge in [-0.05, 0) is 26.0 Å². The first-order chi connectivity index (χ1) is 9.47. The first-order valence-corrected chi connectivity index (χ1v) is 6.46. The molecule has 6 nitrogen and oxygen atoms in total. The van der Waals surface area contributed by atoms with Crippen molar-refractivity contribution < 1.29 is 9.66 Å². The summed E-state index contributed by atoms with van der Waals surface area (Å²) in [5.74, 6) is 0.140. The zero-order chi connectivity index (χ0) is 14.7. The Hall–Kier alpha value is -2.08. The Balaban J connectivity index is 2.13. The molecule has 0 bridgehead atoms. The SMILES string of the molecule is CC(C)n1ccc(COc2cc(Cl)ccc2[N+](=O)[O-])n1. The predicted molar refractivity (Wildman–Crippen MR) is 75.1 cm³/mol. The molecule has 0 amide bonds. The van der Waals surface area contributed by atoms with Gasteiger partial charge in [0.2, 0.25) is 0 Å². The smallest absolute Gasteiger partial charge is 0.311 e. The van der Waals surface area contributed by atoms with Crippen LogP contribution in [0.15, 0.2) is 30.5 Å². The van der Waals surface area contributed by atoms with Gasteiger partial charge in [0.25, 0.3) is 0 Å². The van der Waals surface area contributed by atoms with Crippen molar-refractivity contribution in [2.24, 2.45) is 0 Å². The van der Waals surface area contributed by atoms with Gasteiger partial charge in [-0.2, -0.15) is 5.10 Å². The number of nitro benzene ring substituents is 1. The van der Waals surface area contributed by atoms with Crippen LogP contribution in [-0.4, -0.2) is 14.7 Å². The minimum absolute atomic E-state index is 0.113. The maximum absolute atomic E-state index is 10.9. The molecule has 0 N–H and O–H groups in total. The van der Waals surface area contributed by atoms with Crippen LogP contribution in [-0.2, 0) is 6.61 Å². The van der Waals surface area contributed by atoms with Crippen LogP contribution in [0.2, 0.25) is 5.02 Å². The van der Waals surface area contributed by atoms with Crippen LogP contribution in [0, 0.1) is 10.1 Å². The molecule has 0 aliphatic heterocycles. The van der Waals surface area contributed by atoms with Gasteiger partial charge in [-0.25, -0.2) is 0 Å². The Labute approximate surface area is 121 Å². The molecule has 0 aliphatic carbocycles. The van der Waals surface area contributed by atoms with E-state index in [0.717, 1.165) is 0 Å². The standard InChI is InChI=1S/C13H14ClN3O3/c1-9(2)16-6-5-11(15-16)8-20-13-7-10(14)3-4-12(13)17(18)19/h3-7,9H,8H2,1-2H3. The maximum atomic E-state index is 10.9. The van der Waals surface area contributed by atoms with Crippen LogP contribution >= 0.6 is 11.6 Å². The molecule has 1 aromatic carbocycles. The Morgan fingerprint density at radius 3 is 2.80 bits per heavy atom. The van der Waals surface area contributed by atoms with Crippen LogP contribution < -0.4 is 4.74 Å². The lowest BCUT2D eigenvalue weighted by molar-refractivity contribution is -0.385. The van der Waals surface area contributed by atoms with Gasteiger partial charge < -0.3 is 4.74 Å². The molecule has 0 aliphatic rings. The third kappa shape index (κ3) is 3.27. The number of hydrogen-bond acceptors (Lipinski definition) is 4. The summed E-state index contributed by atoms with van der Waals surface area (Å²) >= 11 is 5.83. The highest BCUT2D eigenvalue weighted by atomic mass is 35.5. The van der Waals surface area contributed by atoms with E-state index in [9.17, 15) is 10.1 Å². The average molecular weight is 296 g/mol. The molecule has 0 spiro atoms. The lowest BCUT2D eigenvalue weighted by Gasteiger charge is -2.06. The van der Waals surface area contributed by atoms with Crippen molar-refractivity contribution in [1.82, 2.24) is 9.78 Å². The highest BCUT2D eigenvalue weighted by Crippen LogP contribution is 2.30. The molecule has 7 heteroatoms. The van der Waals surface area contributed by atoms with Crippen molar-refractivity contribution >= 4 is 17.3 Å². The number of benzene rings is 1. The molecule has 106 valence electrons. The van der Waals surface area contributed by atoms with E-state index < -0.39 is 4.92 Å². The largest absolute Gasteiger partial charge is 0.480 e. The van der Waals surface area contributed by atoms with Crippen molar-refractivity contribution in [1.29, 1.82) is 0 Å². The van der Waals surface area contributed by atoms with Crippen molar-refractivity contribution in [3.05, 3.63) is 51.3 Å². The molecular weight excluding hydrogens is 282 g/mol. The molecule has 20 heavy (non-hydrogen) atoms. The zero-order valence-electron chi connectivity index (χ0n) is 11.1. The van der Waals surface area contributed by atoms with Crippen LogP contribution in [0.3, 0.4) is 0 Å². The molecule has 0 unspecified atom stereocenters. The molecule has 1 heterocycles. The first kappa shape index (κ1) is 14.3. The quantitative estimate of drug-likeness (QED) is 0.624. The summed E-state index contributed by atoms with van der Waals surface area (Å²) in [5, 5.41) is 15.6. The number of rotatable bonds is 5. The van der Waals surface area contributed by atoms with Gasteiger partial charge in [-0.15, -0.1) is 0 Å². The van der Waals surface area contributed by atoms with E-state index in [2.05, 4.69) is 5.10 Å². The van der Waals surface area contributed by atoms with E-state index in [1.54, 1.807) is 4.68 Å². The van der Waals surface area contributed by atoms with Crippen molar-refractivity contribution in [3.63, 3.8) is 0 Å². The summed E-state index contributed by atoms with van der Waals surface area (Å²) in [6.07, 6.45) is 1.84. The summed E-state index contributed by atoms with van der Waals surface area (Å²) < 4.78 is 7.25. The third-order valence-electron chi connectivity index (χ3n) is 2.69. The van der Waals surface area contributed by atoms with Crippen molar-refractivity contribution in [2.75, 3.05) is 0 Å². The average Bonchev–Trinajstić information content (AvgIpc) is 2.85. The number of halogens is 1. The van der Waals surface area contributed by atoms with Gasteiger partial charge in [0, 0.05) is 29.4 Å². The fourth-order valence-corrected chi connectivity index (χ4v) is 1.81. The van der Waals surface area contributed by atoms with Gasteiger partial charge in [0.05, 0.1) is 10.6 Å². The number of aromatic nitrogens is 2. The molecule has 0 saturated heterocycles. The summed E-state index contributed by atoms with van der Waals surface area (Å²) in [4.78, 5) is 10.4. The predicted octanol–water partition coefficient (Wildman–Crippen LogP) is 3.60. The van der Waals surface area contributed by atoms with Crippen LogP contribution in [0.1, 0.15) is 25.6 Å². The molecule has 0 fully saturated rings. The van der Waals surface area contributed by atoms with E-state index in [1.165, 1.54) is 18.2 Å². The highest BCUT2D eigenvalue weighted by Gasteiger charge is 2.16. The second-order valence-corrected chi connectivity index (χ2v) is 4.98. The lowest BCUT2D eigenvalue weighted by Crippen LogP contribution is -2.04. The summed E-state index contributed by atoms with van der Waals surface area (Å²) in [6, 6.07) is 6.28. The van der Waals surface area contributed by atoms with E-state index in [0.29, 0.717) is 10.7 Å². The number of ether oxygens (including phenoxy) is 1. The van der Waals surface area contributed by atoms with E-state index in [-0.39, 0.29) is 24.1 Å². The Bertz CT molecular complexity index is 625. The number of hydrogen-bond donors (Lipinski definition) is 0. The zero-order valence-corrected chi connectivity index (χ0v) is 11.9. The van der Waals surface area contributed by atoms with Crippen LogP contribution in [0.4, 0.5) is 5.69 Å². The summed E-state index contributed by atoms with van der Waals surface area (Å²) in [6.45, 7) is 4.18. The molecule has 0 radical (unpaired) electrons. The summed E-state index contributed by atoms with van der Waals surface area (Å²) in [7, 11) is 0. The minimum atomic E-state index is -0.502. The molecule has 0 saturated carbocycles. The van der Waals surface area contributed by atoms with Crippen molar-refractivity contribution in [3.8, 4) is 5.75 Å². The fraction of sp³-hybridized carbons (Fsp3) is 0.308. The van der Waals surface area contributed by atoms with Gasteiger partial charge in [0.1, 0.15) is 6.61 Å². The number of nitro groups is 1. The normalized spacial score (nSPS) is 10.8. The Kier molecular flexibility index (Phi) is 4.24. The molecule has 2 aromatic rings. The monoisotopic (exact) mass is 295 g/mol. The van der Waals surface area contributed by atoms with Gasteiger partial charge in [-0.1, -0.05) is 11.6 Å². The van der Waals surface area contributed by atoms with Gasteiger partial charge >= 0.3 is 5.69 Å². The van der Waals surface area contributed by atoms with Crippen LogP contribution in [0.5, 0.6) is 5.75 Å². The Morgan fingerprint density at radius 2 is 2.20 bits per heavy atom. The van der Waals surface area contributed by atoms with Gasteiger partial charge in [-0.3, -0.25) is 14.8 Å². The van der Waals surface area contributed by atoms with Crippen LogP contribution in [0.25, 0.3) is 0 Å². The fourth-order valence-electron chi connectivity index (χ4n) is 1.65. The van der Waals surface area contributed by atoms with Crippen molar-refractivity contribution in [2.45, 2.75) is 26.5 Å². The molecule has 1 aromatic heterocycles. The van der Waals surface area contributed by atoms with Gasteiger partial charge in [0.15, 0.2) is 5.75 Å². The second-order valence-electron chi connectivity index (χ2n) is 4.54. The minimum Gasteiger partial charge on any atom is -0.480 e. The molecule has 0 atom stereocenters. The maximum Gasteiger partial charge on any atom is 0.311 e. The molecular formula is C13H14ClN3O3. The number of nitrogens with zero attached hydrogens (tertiary/aromatic N) is 3. The van der Waals surface area contributed by atoms with E-state index in [1.807, 2.05) is 26.1 Å². The first-order valence-electron chi connectivity index (χ1n) is 6.08. The van der Waals surface area contributed by atoms with E-state index >= 15 is 0 Å². The lowest BCUT2D eigenvalue weighted by atomic mass is 10.3. The molecule has 2 rings (SSSR count). The Morgan fingerprint density at radius 1 is 1.45 bits per heavy atom. The van der Waals surface area contributed by atoms with E-state index in [4.69, 9.17) is 16.3 Å². The second kappa shape index (κ2) is 5.92. The third-order valence-corrected chi connectivity index (χ3v) is 2.92. The highest BCUT2D eigenvalue weighted by molar-refractivity contribution is 6.30. The summed E-state index contributed by atoms with van der Waals surface area (Å²) in [5.41, 5.74) is 0.589. The topological polar surface area (TPSA) is 70.2 Å².